The molecular weight excluding hydrogens is 300 g/mol. The third-order valence-electron chi connectivity index (χ3n) is 2.70. The summed E-state index contributed by atoms with van der Waals surface area (Å²) < 4.78 is 11.0. The number of nitrogens with one attached hydrogen (secondary N) is 1. The fourth-order valence-corrected chi connectivity index (χ4v) is 2.13. The first-order valence-corrected chi connectivity index (χ1v) is 6.06. The Morgan fingerprint density at radius 2 is 2.06 bits per heavy atom. The third kappa shape index (κ3) is 1.89. The number of hydrogen-bond acceptors (Lipinski definition) is 4. The highest BCUT2D eigenvalue weighted by atomic mass is 79.9. The molecule has 0 radical (unpaired) electrons. The van der Waals surface area contributed by atoms with Crippen LogP contribution in [0.4, 0.5) is 0 Å². The molecule has 3 rings (SSSR count). The van der Waals surface area contributed by atoms with E-state index in [1.165, 1.54) is 0 Å². The maximum atomic E-state index is 11.1. The molecule has 2 heterocycles. The molecule has 18 heavy (non-hydrogen) atoms. The molecule has 0 fully saturated rings. The molecule has 1 unspecified atom stereocenters. The summed E-state index contributed by atoms with van der Waals surface area (Å²) in [6.07, 6.45) is 0. The van der Waals surface area contributed by atoms with Crippen LogP contribution in [0.5, 0.6) is 0 Å². The van der Waals surface area contributed by atoms with Crippen LogP contribution in [0.25, 0.3) is 11.1 Å². The van der Waals surface area contributed by atoms with Crippen molar-refractivity contribution in [1.29, 1.82) is 0 Å². The monoisotopic (exact) mass is 308 g/mol. The summed E-state index contributed by atoms with van der Waals surface area (Å²) in [6, 6.07) is 8.49. The van der Waals surface area contributed by atoms with E-state index >= 15 is 0 Å². The maximum absolute atomic E-state index is 11.1. The van der Waals surface area contributed by atoms with E-state index in [9.17, 15) is 4.79 Å². The van der Waals surface area contributed by atoms with Crippen LogP contribution in [-0.2, 0) is 0 Å². The molecule has 0 saturated carbocycles. The van der Waals surface area contributed by atoms with Crippen molar-refractivity contribution >= 4 is 27.0 Å². The van der Waals surface area contributed by atoms with Crippen LogP contribution in [0.3, 0.4) is 0 Å². The number of oxazole rings is 1. The Labute approximate surface area is 110 Å². The van der Waals surface area contributed by atoms with Crippen LogP contribution in [0.15, 0.2) is 48.6 Å². The Balaban J connectivity index is 2.05. The van der Waals surface area contributed by atoms with Crippen LogP contribution in [-0.4, -0.2) is 4.98 Å². The van der Waals surface area contributed by atoms with Gasteiger partial charge in [0.05, 0.1) is 11.6 Å². The molecule has 3 aromatic rings. The molecular formula is C12H9BrN2O3. The van der Waals surface area contributed by atoms with Gasteiger partial charge in [0.2, 0.25) is 0 Å². The molecule has 0 aliphatic rings. The van der Waals surface area contributed by atoms with Crippen LogP contribution in [0.2, 0.25) is 0 Å². The minimum Gasteiger partial charge on any atom is -0.452 e. The number of hydrogen-bond donors (Lipinski definition) is 2. The van der Waals surface area contributed by atoms with Gasteiger partial charge in [-0.05, 0) is 45.8 Å². The lowest BCUT2D eigenvalue weighted by atomic mass is 10.1. The minimum absolute atomic E-state index is 0.402. The highest BCUT2D eigenvalue weighted by Gasteiger charge is 2.14. The Hall–Kier alpha value is -1.79. The van der Waals surface area contributed by atoms with E-state index in [2.05, 4.69) is 20.9 Å². The second kappa shape index (κ2) is 4.15. The smallest absolute Gasteiger partial charge is 0.417 e. The normalized spacial score (nSPS) is 13.0. The second-order valence-corrected chi connectivity index (χ2v) is 4.67. The molecule has 3 N–H and O–H groups in total. The molecule has 2 aromatic heterocycles. The largest absolute Gasteiger partial charge is 0.452 e. The second-order valence-electron chi connectivity index (χ2n) is 3.89. The lowest BCUT2D eigenvalue weighted by Gasteiger charge is -2.08. The predicted molar refractivity (Wildman–Crippen MR) is 69.3 cm³/mol. The number of benzene rings is 1. The molecule has 5 nitrogen and oxygen atoms in total. The quantitative estimate of drug-likeness (QED) is 0.761. The number of fused-ring (bicyclic) bond motifs is 1. The fraction of sp³-hybridized carbons (Fsp3) is 0.0833. The van der Waals surface area contributed by atoms with Gasteiger partial charge in [-0.2, -0.15) is 0 Å². The van der Waals surface area contributed by atoms with Crippen LogP contribution in [0, 0.1) is 0 Å². The van der Waals surface area contributed by atoms with E-state index in [0.29, 0.717) is 21.5 Å². The van der Waals surface area contributed by atoms with Gasteiger partial charge in [0.1, 0.15) is 5.76 Å². The average molecular weight is 309 g/mol. The summed E-state index contributed by atoms with van der Waals surface area (Å²) >= 11 is 3.23. The lowest BCUT2D eigenvalue weighted by Crippen LogP contribution is -2.10. The number of aromatic nitrogens is 1. The van der Waals surface area contributed by atoms with Gasteiger partial charge in [-0.25, -0.2) is 4.79 Å². The first-order valence-electron chi connectivity index (χ1n) is 5.27. The van der Waals surface area contributed by atoms with Crippen LogP contribution >= 0.6 is 15.9 Å². The zero-order valence-electron chi connectivity index (χ0n) is 9.14. The van der Waals surface area contributed by atoms with Gasteiger partial charge in [0, 0.05) is 0 Å². The molecule has 0 aliphatic carbocycles. The maximum Gasteiger partial charge on any atom is 0.417 e. The number of furan rings is 1. The van der Waals surface area contributed by atoms with Gasteiger partial charge in [-0.3, -0.25) is 4.98 Å². The number of nitrogens with two attached hydrogens (primary N) is 1. The molecule has 0 spiro atoms. The zero-order chi connectivity index (χ0) is 12.7. The SMILES string of the molecule is NC(c1ccc2[nH]c(=O)oc2c1)c1ccc(Br)o1. The van der Waals surface area contributed by atoms with Crippen LogP contribution < -0.4 is 11.5 Å². The Bertz CT molecular complexity index is 756. The summed E-state index contributed by atoms with van der Waals surface area (Å²) in [5.74, 6) is 0.163. The molecule has 1 aromatic carbocycles. The van der Waals surface area contributed by atoms with Gasteiger partial charge >= 0.3 is 5.76 Å². The van der Waals surface area contributed by atoms with E-state index < -0.39 is 11.8 Å². The molecule has 6 heteroatoms. The van der Waals surface area contributed by atoms with Gasteiger partial charge in [0.25, 0.3) is 0 Å². The predicted octanol–water partition coefficient (Wildman–Crippen LogP) is 2.52. The highest BCUT2D eigenvalue weighted by molar-refractivity contribution is 9.10. The molecule has 0 bridgehead atoms. The lowest BCUT2D eigenvalue weighted by molar-refractivity contribution is 0.470. The van der Waals surface area contributed by atoms with Crippen molar-refractivity contribution in [3.05, 3.63) is 56.9 Å². The molecule has 0 aliphatic heterocycles. The topological polar surface area (TPSA) is 85.2 Å². The Morgan fingerprint density at radius 3 is 2.78 bits per heavy atom. The number of halogens is 1. The summed E-state index contributed by atoms with van der Waals surface area (Å²) in [5.41, 5.74) is 8.03. The van der Waals surface area contributed by atoms with Gasteiger partial charge in [-0.1, -0.05) is 6.07 Å². The molecule has 92 valence electrons. The summed E-state index contributed by atoms with van der Waals surface area (Å²) in [5, 5.41) is 0. The molecule has 0 saturated heterocycles. The van der Waals surface area contributed by atoms with Gasteiger partial charge in [-0.15, -0.1) is 0 Å². The van der Waals surface area contributed by atoms with E-state index in [1.807, 2.05) is 6.07 Å². The van der Waals surface area contributed by atoms with Crippen molar-refractivity contribution in [2.75, 3.05) is 0 Å². The highest BCUT2D eigenvalue weighted by Crippen LogP contribution is 2.25. The van der Waals surface area contributed by atoms with E-state index in [0.717, 1.165) is 5.56 Å². The molecule has 1 atom stereocenters. The third-order valence-corrected chi connectivity index (χ3v) is 3.13. The van der Waals surface area contributed by atoms with Crippen molar-refractivity contribution in [1.82, 2.24) is 4.98 Å². The Kier molecular flexibility index (Phi) is 2.61. The first kappa shape index (κ1) is 11.3. The number of aromatic amines is 1. The van der Waals surface area contributed by atoms with Crippen molar-refractivity contribution < 1.29 is 8.83 Å². The fourth-order valence-electron chi connectivity index (χ4n) is 1.82. The van der Waals surface area contributed by atoms with Gasteiger partial charge in [0.15, 0.2) is 10.3 Å². The van der Waals surface area contributed by atoms with Crippen molar-refractivity contribution in [3.63, 3.8) is 0 Å². The summed E-state index contributed by atoms with van der Waals surface area (Å²) in [7, 11) is 0. The Morgan fingerprint density at radius 1 is 1.22 bits per heavy atom. The van der Waals surface area contributed by atoms with E-state index in [-0.39, 0.29) is 0 Å². The minimum atomic E-state index is -0.475. The van der Waals surface area contributed by atoms with Gasteiger partial charge < -0.3 is 14.6 Å². The van der Waals surface area contributed by atoms with E-state index in [4.69, 9.17) is 14.6 Å². The van der Waals surface area contributed by atoms with Crippen molar-refractivity contribution in [2.24, 2.45) is 5.73 Å². The molecule has 0 amide bonds. The number of rotatable bonds is 2. The first-order chi connectivity index (χ1) is 8.63. The summed E-state index contributed by atoms with van der Waals surface area (Å²) in [6.45, 7) is 0. The van der Waals surface area contributed by atoms with Crippen molar-refractivity contribution in [2.45, 2.75) is 6.04 Å². The van der Waals surface area contributed by atoms with Crippen LogP contribution in [0.1, 0.15) is 17.4 Å². The average Bonchev–Trinajstić information content (AvgIpc) is 2.92. The summed E-state index contributed by atoms with van der Waals surface area (Å²) in [4.78, 5) is 13.6. The van der Waals surface area contributed by atoms with E-state index in [1.54, 1.807) is 24.3 Å². The number of H-pyrrole nitrogens is 1. The zero-order valence-corrected chi connectivity index (χ0v) is 10.7. The standard InChI is InChI=1S/C12H9BrN2O3/c13-10-4-3-8(17-10)11(14)6-1-2-7-9(5-6)18-12(16)15-7/h1-5,11H,14H2,(H,15,16). The van der Waals surface area contributed by atoms with Crippen molar-refractivity contribution in [3.8, 4) is 0 Å².